The first-order chi connectivity index (χ1) is 7.22. The molecule has 1 aromatic carbocycles. The first kappa shape index (κ1) is 9.73. The fraction of sp³-hybridized carbons (Fsp3) is 0.182. The summed E-state index contributed by atoms with van der Waals surface area (Å²) < 4.78 is 4.59. The van der Waals surface area contributed by atoms with Gasteiger partial charge < -0.3 is 15.5 Å². The number of methoxy groups -OCH3 is 1. The molecule has 0 bridgehead atoms. The van der Waals surface area contributed by atoms with Crippen LogP contribution in [0.4, 0.5) is 0 Å². The molecule has 0 fully saturated rings. The fourth-order valence-electron chi connectivity index (χ4n) is 1.53. The Kier molecular flexibility index (Phi) is 2.43. The zero-order valence-electron chi connectivity index (χ0n) is 8.36. The number of carbonyl (C=O) groups excluding carboxylic acids is 1. The molecule has 4 nitrogen and oxygen atoms in total. The second kappa shape index (κ2) is 3.74. The van der Waals surface area contributed by atoms with Gasteiger partial charge in [-0.2, -0.15) is 0 Å². The van der Waals surface area contributed by atoms with Crippen LogP contribution in [0, 0.1) is 0 Å². The van der Waals surface area contributed by atoms with E-state index in [2.05, 4.69) is 9.72 Å². The Balaban J connectivity index is 2.39. The monoisotopic (exact) mass is 204 g/mol. The van der Waals surface area contributed by atoms with Crippen LogP contribution in [-0.2, 0) is 9.53 Å². The highest BCUT2D eigenvalue weighted by Crippen LogP contribution is 2.18. The molecular formula is C11H12N2O2. The van der Waals surface area contributed by atoms with Crippen molar-refractivity contribution in [2.45, 2.75) is 6.04 Å². The third-order valence-corrected chi connectivity index (χ3v) is 2.39. The number of aromatic amines is 1. The number of rotatable bonds is 2. The van der Waals surface area contributed by atoms with Gasteiger partial charge in [0.05, 0.1) is 7.11 Å². The SMILES string of the molecule is COC(=O)[C@@H](N)c1ccc2[nH]ccc2c1. The predicted octanol–water partition coefficient (Wildman–Crippen LogP) is 1.34. The van der Waals surface area contributed by atoms with Gasteiger partial charge in [-0.3, -0.25) is 4.79 Å². The Morgan fingerprint density at radius 2 is 2.27 bits per heavy atom. The van der Waals surface area contributed by atoms with Crippen molar-refractivity contribution in [1.29, 1.82) is 0 Å². The summed E-state index contributed by atoms with van der Waals surface area (Å²) >= 11 is 0. The number of fused-ring (bicyclic) bond motifs is 1. The van der Waals surface area contributed by atoms with Crippen molar-refractivity contribution in [2.24, 2.45) is 5.73 Å². The van der Waals surface area contributed by atoms with E-state index < -0.39 is 12.0 Å². The van der Waals surface area contributed by atoms with Gasteiger partial charge in [0, 0.05) is 11.7 Å². The van der Waals surface area contributed by atoms with Crippen LogP contribution in [-0.4, -0.2) is 18.1 Å². The van der Waals surface area contributed by atoms with Gasteiger partial charge in [-0.25, -0.2) is 0 Å². The van der Waals surface area contributed by atoms with Crippen molar-refractivity contribution in [3.63, 3.8) is 0 Å². The normalized spacial score (nSPS) is 12.7. The molecule has 0 aliphatic heterocycles. The highest BCUT2D eigenvalue weighted by Gasteiger charge is 2.16. The summed E-state index contributed by atoms with van der Waals surface area (Å²) in [6.07, 6.45) is 1.85. The standard InChI is InChI=1S/C11H12N2O2/c1-15-11(14)10(12)8-2-3-9-7(6-8)4-5-13-9/h2-6,10,13H,12H2,1H3/t10-/m0/s1. The van der Waals surface area contributed by atoms with Crippen molar-refractivity contribution >= 4 is 16.9 Å². The van der Waals surface area contributed by atoms with E-state index in [1.165, 1.54) is 7.11 Å². The molecule has 2 aromatic rings. The van der Waals surface area contributed by atoms with E-state index in [-0.39, 0.29) is 0 Å². The van der Waals surface area contributed by atoms with Crippen molar-refractivity contribution in [1.82, 2.24) is 4.98 Å². The smallest absolute Gasteiger partial charge is 0.327 e. The molecule has 4 heteroatoms. The number of H-pyrrole nitrogens is 1. The number of esters is 1. The van der Waals surface area contributed by atoms with Gasteiger partial charge in [-0.1, -0.05) is 6.07 Å². The first-order valence-corrected chi connectivity index (χ1v) is 4.63. The Morgan fingerprint density at radius 3 is 3.00 bits per heavy atom. The molecule has 0 radical (unpaired) electrons. The zero-order chi connectivity index (χ0) is 10.8. The molecule has 1 heterocycles. The van der Waals surface area contributed by atoms with E-state index in [9.17, 15) is 4.79 Å². The van der Waals surface area contributed by atoms with Gasteiger partial charge in [0.2, 0.25) is 0 Å². The molecule has 2 rings (SSSR count). The third-order valence-electron chi connectivity index (χ3n) is 2.39. The molecule has 0 aliphatic carbocycles. The Labute approximate surface area is 87.0 Å². The highest BCUT2D eigenvalue weighted by molar-refractivity contribution is 5.83. The van der Waals surface area contributed by atoms with Crippen LogP contribution in [0.5, 0.6) is 0 Å². The Morgan fingerprint density at radius 1 is 1.47 bits per heavy atom. The topological polar surface area (TPSA) is 68.1 Å². The number of ether oxygens (including phenoxy) is 1. The summed E-state index contributed by atoms with van der Waals surface area (Å²) in [6.45, 7) is 0. The number of nitrogens with two attached hydrogens (primary N) is 1. The Hall–Kier alpha value is -1.81. The molecule has 1 atom stereocenters. The Bertz CT molecular complexity index is 490. The van der Waals surface area contributed by atoms with Crippen molar-refractivity contribution in [3.05, 3.63) is 36.0 Å². The van der Waals surface area contributed by atoms with E-state index in [0.717, 1.165) is 16.5 Å². The van der Waals surface area contributed by atoms with Gasteiger partial charge in [-0.15, -0.1) is 0 Å². The number of hydrogen-bond donors (Lipinski definition) is 2. The fourth-order valence-corrected chi connectivity index (χ4v) is 1.53. The molecule has 0 spiro atoms. The van der Waals surface area contributed by atoms with Crippen LogP contribution in [0.25, 0.3) is 10.9 Å². The van der Waals surface area contributed by atoms with Crippen LogP contribution in [0.15, 0.2) is 30.5 Å². The number of benzene rings is 1. The lowest BCUT2D eigenvalue weighted by Crippen LogP contribution is -2.22. The molecule has 15 heavy (non-hydrogen) atoms. The molecule has 0 unspecified atom stereocenters. The molecule has 0 amide bonds. The van der Waals surface area contributed by atoms with Crippen molar-refractivity contribution in [2.75, 3.05) is 7.11 Å². The minimum absolute atomic E-state index is 0.426. The number of hydrogen-bond acceptors (Lipinski definition) is 3. The summed E-state index contributed by atoms with van der Waals surface area (Å²) in [5.41, 5.74) is 7.51. The molecule has 78 valence electrons. The quantitative estimate of drug-likeness (QED) is 0.725. The van der Waals surface area contributed by atoms with Crippen LogP contribution in [0.3, 0.4) is 0 Å². The lowest BCUT2D eigenvalue weighted by Gasteiger charge is -2.09. The third kappa shape index (κ3) is 1.71. The van der Waals surface area contributed by atoms with Gasteiger partial charge in [0.15, 0.2) is 0 Å². The molecule has 0 saturated heterocycles. The van der Waals surface area contributed by atoms with Crippen LogP contribution >= 0.6 is 0 Å². The maximum absolute atomic E-state index is 11.2. The van der Waals surface area contributed by atoms with Crippen LogP contribution in [0.1, 0.15) is 11.6 Å². The maximum Gasteiger partial charge on any atom is 0.327 e. The van der Waals surface area contributed by atoms with Gasteiger partial charge in [0.25, 0.3) is 0 Å². The summed E-state index contributed by atoms with van der Waals surface area (Å²) in [5, 5.41) is 1.03. The molecule has 3 N–H and O–H groups in total. The van der Waals surface area contributed by atoms with Crippen LogP contribution < -0.4 is 5.73 Å². The van der Waals surface area contributed by atoms with E-state index >= 15 is 0 Å². The molecular weight excluding hydrogens is 192 g/mol. The summed E-state index contributed by atoms with van der Waals surface area (Å²) in [6, 6.07) is 6.82. The van der Waals surface area contributed by atoms with Crippen LogP contribution in [0.2, 0.25) is 0 Å². The predicted molar refractivity (Wildman–Crippen MR) is 57.2 cm³/mol. The summed E-state index contributed by atoms with van der Waals surface area (Å²) in [7, 11) is 1.33. The second-order valence-electron chi connectivity index (χ2n) is 3.33. The summed E-state index contributed by atoms with van der Waals surface area (Å²) in [4.78, 5) is 14.3. The van der Waals surface area contributed by atoms with Crippen molar-refractivity contribution in [3.8, 4) is 0 Å². The minimum Gasteiger partial charge on any atom is -0.468 e. The average Bonchev–Trinajstić information content (AvgIpc) is 2.73. The maximum atomic E-state index is 11.2. The van der Waals surface area contributed by atoms with E-state index in [0.29, 0.717) is 0 Å². The number of nitrogens with one attached hydrogen (secondary N) is 1. The van der Waals surface area contributed by atoms with E-state index in [4.69, 9.17) is 5.73 Å². The second-order valence-corrected chi connectivity index (χ2v) is 3.33. The lowest BCUT2D eigenvalue weighted by atomic mass is 10.1. The van der Waals surface area contributed by atoms with Gasteiger partial charge in [0.1, 0.15) is 6.04 Å². The van der Waals surface area contributed by atoms with Gasteiger partial charge in [-0.05, 0) is 29.1 Å². The first-order valence-electron chi connectivity index (χ1n) is 4.63. The highest BCUT2D eigenvalue weighted by atomic mass is 16.5. The number of aromatic nitrogens is 1. The minimum atomic E-state index is -0.714. The van der Waals surface area contributed by atoms with Crippen molar-refractivity contribution < 1.29 is 9.53 Å². The van der Waals surface area contributed by atoms with E-state index in [1.807, 2.05) is 30.5 Å². The molecule has 0 saturated carbocycles. The largest absolute Gasteiger partial charge is 0.468 e. The molecule has 0 aliphatic rings. The van der Waals surface area contributed by atoms with Gasteiger partial charge >= 0.3 is 5.97 Å². The summed E-state index contributed by atoms with van der Waals surface area (Å²) in [5.74, 6) is -0.426. The average molecular weight is 204 g/mol. The zero-order valence-corrected chi connectivity index (χ0v) is 8.36. The van der Waals surface area contributed by atoms with E-state index in [1.54, 1.807) is 0 Å². The molecule has 1 aromatic heterocycles. The number of carbonyl (C=O) groups is 1. The lowest BCUT2D eigenvalue weighted by molar-refractivity contribution is -0.142.